The minimum Gasteiger partial charge on any atom is -0.442 e. The predicted molar refractivity (Wildman–Crippen MR) is 103 cm³/mol. The number of hydrogen-bond donors (Lipinski definition) is 1. The molecule has 142 valence electrons. The van der Waals surface area contributed by atoms with Gasteiger partial charge in [-0.2, -0.15) is 0 Å². The molecule has 1 aromatic heterocycles. The first kappa shape index (κ1) is 18.2. The van der Waals surface area contributed by atoms with E-state index >= 15 is 0 Å². The first-order chi connectivity index (χ1) is 13.5. The molecule has 3 aromatic rings. The number of benzene rings is 2. The molecular formula is C20H15ClFN3O3. The maximum atomic E-state index is 13.3. The van der Waals surface area contributed by atoms with E-state index in [2.05, 4.69) is 10.3 Å². The summed E-state index contributed by atoms with van der Waals surface area (Å²) in [6, 6.07) is 14.8. The highest BCUT2D eigenvalue weighted by atomic mass is 35.5. The van der Waals surface area contributed by atoms with Crippen molar-refractivity contribution in [3.05, 3.63) is 71.1 Å². The Kier molecular flexibility index (Phi) is 4.83. The van der Waals surface area contributed by atoms with Gasteiger partial charge in [-0.3, -0.25) is 9.69 Å². The summed E-state index contributed by atoms with van der Waals surface area (Å²) in [5.74, 6) is -0.878. The summed E-state index contributed by atoms with van der Waals surface area (Å²) >= 11 is 6.08. The van der Waals surface area contributed by atoms with Gasteiger partial charge in [-0.1, -0.05) is 29.8 Å². The van der Waals surface area contributed by atoms with Crippen LogP contribution >= 0.6 is 11.6 Å². The number of para-hydroxylation sites is 1. The molecule has 2 aromatic carbocycles. The van der Waals surface area contributed by atoms with Gasteiger partial charge in [-0.25, -0.2) is 14.2 Å². The Bertz CT molecular complexity index is 1060. The van der Waals surface area contributed by atoms with Gasteiger partial charge in [-0.15, -0.1) is 0 Å². The average molecular weight is 400 g/mol. The molecular weight excluding hydrogens is 385 g/mol. The number of carbonyl (C=O) groups is 2. The third kappa shape index (κ3) is 3.61. The zero-order valence-electron chi connectivity index (χ0n) is 14.6. The van der Waals surface area contributed by atoms with E-state index in [1.54, 1.807) is 6.07 Å². The van der Waals surface area contributed by atoms with Crippen LogP contribution in [0.25, 0.3) is 10.9 Å². The van der Waals surface area contributed by atoms with Crippen LogP contribution in [0.4, 0.5) is 14.9 Å². The summed E-state index contributed by atoms with van der Waals surface area (Å²) in [5.41, 5.74) is 1.27. The maximum Gasteiger partial charge on any atom is 0.414 e. The molecule has 1 fully saturated rings. The lowest BCUT2D eigenvalue weighted by molar-refractivity contribution is 0.0916. The monoisotopic (exact) mass is 399 g/mol. The minimum atomic E-state index is -0.488. The van der Waals surface area contributed by atoms with Crippen LogP contribution in [0.1, 0.15) is 10.4 Å². The first-order valence-electron chi connectivity index (χ1n) is 8.58. The molecule has 8 heteroatoms. The highest BCUT2D eigenvalue weighted by molar-refractivity contribution is 6.33. The second-order valence-electron chi connectivity index (χ2n) is 6.33. The van der Waals surface area contributed by atoms with E-state index in [0.717, 1.165) is 5.69 Å². The number of cyclic esters (lactones) is 1. The van der Waals surface area contributed by atoms with Gasteiger partial charge in [0.05, 0.1) is 24.2 Å². The molecule has 4 rings (SSSR count). The van der Waals surface area contributed by atoms with Gasteiger partial charge >= 0.3 is 6.09 Å². The van der Waals surface area contributed by atoms with Crippen LogP contribution in [0, 0.1) is 5.82 Å². The summed E-state index contributed by atoms with van der Waals surface area (Å²) < 4.78 is 18.6. The molecule has 1 saturated heterocycles. The number of rotatable bonds is 4. The average Bonchev–Trinajstić information content (AvgIpc) is 3.07. The number of nitrogens with one attached hydrogen (secondary N) is 1. The van der Waals surface area contributed by atoms with Crippen molar-refractivity contribution in [3.8, 4) is 0 Å². The highest BCUT2D eigenvalue weighted by Crippen LogP contribution is 2.23. The topological polar surface area (TPSA) is 71.5 Å². The highest BCUT2D eigenvalue weighted by Gasteiger charge is 2.32. The maximum absolute atomic E-state index is 13.3. The molecule has 1 aliphatic heterocycles. The van der Waals surface area contributed by atoms with E-state index in [0.29, 0.717) is 17.4 Å². The molecule has 0 saturated carbocycles. The van der Waals surface area contributed by atoms with Crippen molar-refractivity contribution in [1.82, 2.24) is 10.3 Å². The van der Waals surface area contributed by atoms with Crippen LogP contribution in [-0.4, -0.2) is 36.2 Å². The summed E-state index contributed by atoms with van der Waals surface area (Å²) in [5, 5.41) is 3.28. The lowest BCUT2D eigenvalue weighted by Gasteiger charge is -2.13. The molecule has 2 heterocycles. The Labute approximate surface area is 164 Å². The van der Waals surface area contributed by atoms with Gasteiger partial charge < -0.3 is 10.1 Å². The van der Waals surface area contributed by atoms with Gasteiger partial charge in [0.25, 0.3) is 5.91 Å². The second kappa shape index (κ2) is 7.44. The van der Waals surface area contributed by atoms with Crippen LogP contribution in [0.15, 0.2) is 54.6 Å². The summed E-state index contributed by atoms with van der Waals surface area (Å²) in [4.78, 5) is 30.1. The first-order valence-corrected chi connectivity index (χ1v) is 8.96. The fourth-order valence-corrected chi connectivity index (χ4v) is 3.26. The van der Waals surface area contributed by atoms with Crippen LogP contribution in [0.5, 0.6) is 0 Å². The fraction of sp³-hybridized carbons (Fsp3) is 0.150. The Morgan fingerprint density at radius 3 is 2.82 bits per heavy atom. The third-order valence-electron chi connectivity index (χ3n) is 4.41. The van der Waals surface area contributed by atoms with Crippen LogP contribution in [0.2, 0.25) is 5.15 Å². The molecule has 0 spiro atoms. The number of halogens is 2. The van der Waals surface area contributed by atoms with E-state index in [9.17, 15) is 14.0 Å². The van der Waals surface area contributed by atoms with Crippen molar-refractivity contribution >= 4 is 40.2 Å². The lowest BCUT2D eigenvalue weighted by atomic mass is 10.1. The minimum absolute atomic E-state index is 0.0232. The van der Waals surface area contributed by atoms with Crippen molar-refractivity contribution < 1.29 is 18.7 Å². The summed E-state index contributed by atoms with van der Waals surface area (Å²) in [7, 11) is 0. The van der Waals surface area contributed by atoms with Gasteiger partial charge in [0.2, 0.25) is 0 Å². The van der Waals surface area contributed by atoms with Crippen molar-refractivity contribution in [2.75, 3.05) is 18.0 Å². The number of hydrogen-bond acceptors (Lipinski definition) is 4. The Morgan fingerprint density at radius 2 is 2.04 bits per heavy atom. The molecule has 0 aliphatic carbocycles. The number of aromatic nitrogens is 1. The molecule has 1 aliphatic rings. The summed E-state index contributed by atoms with van der Waals surface area (Å²) in [6.45, 7) is 0.456. The molecule has 0 radical (unpaired) electrons. The van der Waals surface area contributed by atoms with Crippen LogP contribution < -0.4 is 10.2 Å². The van der Waals surface area contributed by atoms with Gasteiger partial charge in [0.1, 0.15) is 17.1 Å². The molecule has 1 unspecified atom stereocenters. The number of pyridine rings is 1. The van der Waals surface area contributed by atoms with Crippen molar-refractivity contribution in [2.45, 2.75) is 6.10 Å². The lowest BCUT2D eigenvalue weighted by Crippen LogP contribution is -2.34. The van der Waals surface area contributed by atoms with Crippen molar-refractivity contribution in [3.63, 3.8) is 0 Å². The van der Waals surface area contributed by atoms with E-state index in [1.807, 2.05) is 30.3 Å². The normalized spacial score (nSPS) is 16.3. The number of anilines is 1. The number of fused-ring (bicyclic) bond motifs is 1. The Morgan fingerprint density at radius 1 is 1.25 bits per heavy atom. The van der Waals surface area contributed by atoms with Gasteiger partial charge in [0.15, 0.2) is 0 Å². The molecule has 2 amide bonds. The Hall–Kier alpha value is -3.19. The molecule has 1 N–H and O–H groups in total. The number of amides is 2. The second-order valence-corrected chi connectivity index (χ2v) is 6.68. The smallest absolute Gasteiger partial charge is 0.414 e. The largest absolute Gasteiger partial charge is 0.442 e. The number of ether oxygens (including phenoxy) is 1. The zero-order valence-corrected chi connectivity index (χ0v) is 15.3. The van der Waals surface area contributed by atoms with Crippen LogP contribution in [-0.2, 0) is 4.74 Å². The van der Waals surface area contributed by atoms with E-state index in [1.165, 1.54) is 23.1 Å². The molecule has 1 atom stereocenters. The van der Waals surface area contributed by atoms with Crippen LogP contribution in [0.3, 0.4) is 0 Å². The quantitative estimate of drug-likeness (QED) is 0.678. The summed E-state index contributed by atoms with van der Waals surface area (Å²) in [6.07, 6.45) is -0.948. The van der Waals surface area contributed by atoms with Crippen molar-refractivity contribution in [2.24, 2.45) is 0 Å². The fourth-order valence-electron chi connectivity index (χ4n) is 3.02. The van der Waals surface area contributed by atoms with E-state index in [4.69, 9.17) is 16.3 Å². The number of nitrogens with zero attached hydrogens (tertiary/aromatic N) is 2. The SMILES string of the molecule is O=C(NCC1CN(c2ccccc2)C(=O)O1)c1cc2ccc(F)cc2nc1Cl. The van der Waals surface area contributed by atoms with Gasteiger partial charge in [-0.05, 0) is 30.3 Å². The van der Waals surface area contributed by atoms with Gasteiger partial charge in [0, 0.05) is 17.1 Å². The molecule has 0 bridgehead atoms. The van der Waals surface area contributed by atoms with E-state index in [-0.39, 0.29) is 17.3 Å². The Balaban J connectivity index is 1.43. The number of carbonyl (C=O) groups excluding carboxylic acids is 2. The zero-order chi connectivity index (χ0) is 19.7. The predicted octanol–water partition coefficient (Wildman–Crippen LogP) is 3.78. The standard InChI is InChI=1S/C20H15ClFN3O3/c21-18-16(8-12-6-7-13(22)9-17(12)24-18)19(26)23-10-15-11-25(20(27)28-15)14-4-2-1-3-5-14/h1-9,15H,10-11H2,(H,23,26). The molecule has 6 nitrogen and oxygen atoms in total. The van der Waals surface area contributed by atoms with E-state index < -0.39 is 23.9 Å². The molecule has 28 heavy (non-hydrogen) atoms. The van der Waals surface area contributed by atoms with Crippen molar-refractivity contribution in [1.29, 1.82) is 0 Å². The third-order valence-corrected chi connectivity index (χ3v) is 4.70.